The van der Waals surface area contributed by atoms with Crippen molar-refractivity contribution in [1.29, 1.82) is 0 Å². The molecule has 0 bridgehead atoms. The second-order valence-electron chi connectivity index (χ2n) is 7.28. The third-order valence-electron chi connectivity index (χ3n) is 5.07. The molecule has 4 nitrogen and oxygen atoms in total. The predicted molar refractivity (Wildman–Crippen MR) is 119 cm³/mol. The SMILES string of the molecule is Clc1ccc2snc(NCCCOc3cccc(CN4CCCCC4)c3)c2c1. The van der Waals surface area contributed by atoms with Crippen LogP contribution in [-0.2, 0) is 6.54 Å². The zero-order valence-electron chi connectivity index (χ0n) is 16.0. The van der Waals surface area contributed by atoms with Crippen molar-refractivity contribution in [2.24, 2.45) is 0 Å². The van der Waals surface area contributed by atoms with Crippen LogP contribution in [0.1, 0.15) is 31.2 Å². The molecule has 0 amide bonds. The minimum Gasteiger partial charge on any atom is -0.494 e. The maximum Gasteiger partial charge on any atom is 0.147 e. The van der Waals surface area contributed by atoms with E-state index >= 15 is 0 Å². The van der Waals surface area contributed by atoms with Crippen molar-refractivity contribution in [3.05, 3.63) is 53.1 Å². The number of hydrogen-bond donors (Lipinski definition) is 1. The number of hydrogen-bond acceptors (Lipinski definition) is 5. The van der Waals surface area contributed by atoms with Crippen molar-refractivity contribution in [3.8, 4) is 5.75 Å². The molecule has 1 aliphatic rings. The van der Waals surface area contributed by atoms with Gasteiger partial charge in [0.05, 0.1) is 11.3 Å². The van der Waals surface area contributed by atoms with Crippen LogP contribution in [0.15, 0.2) is 42.5 Å². The van der Waals surface area contributed by atoms with Crippen molar-refractivity contribution in [1.82, 2.24) is 9.27 Å². The molecule has 0 saturated carbocycles. The molecule has 0 radical (unpaired) electrons. The fourth-order valence-electron chi connectivity index (χ4n) is 3.62. The van der Waals surface area contributed by atoms with Crippen molar-refractivity contribution < 1.29 is 4.74 Å². The zero-order valence-corrected chi connectivity index (χ0v) is 17.6. The first kappa shape index (κ1) is 19.5. The maximum absolute atomic E-state index is 6.10. The van der Waals surface area contributed by atoms with E-state index in [9.17, 15) is 0 Å². The van der Waals surface area contributed by atoms with Gasteiger partial charge in [-0.2, -0.15) is 4.37 Å². The highest BCUT2D eigenvalue weighted by atomic mass is 35.5. The molecule has 0 unspecified atom stereocenters. The van der Waals surface area contributed by atoms with Crippen LogP contribution in [0.25, 0.3) is 10.1 Å². The molecule has 0 spiro atoms. The average molecular weight is 416 g/mol. The molecule has 1 aliphatic heterocycles. The highest BCUT2D eigenvalue weighted by Crippen LogP contribution is 2.29. The molecule has 6 heteroatoms. The lowest BCUT2D eigenvalue weighted by Gasteiger charge is -2.26. The second kappa shape index (κ2) is 9.59. The van der Waals surface area contributed by atoms with Gasteiger partial charge >= 0.3 is 0 Å². The minimum absolute atomic E-state index is 0.684. The number of ether oxygens (including phenoxy) is 1. The zero-order chi connectivity index (χ0) is 19.2. The van der Waals surface area contributed by atoms with E-state index in [2.05, 4.69) is 32.8 Å². The first-order chi connectivity index (χ1) is 13.8. The number of anilines is 1. The largest absolute Gasteiger partial charge is 0.494 e. The molecule has 1 fully saturated rings. The fourth-order valence-corrected chi connectivity index (χ4v) is 4.52. The van der Waals surface area contributed by atoms with Crippen molar-refractivity contribution in [3.63, 3.8) is 0 Å². The Bertz CT molecular complexity index is 908. The maximum atomic E-state index is 6.10. The van der Waals surface area contributed by atoms with E-state index < -0.39 is 0 Å². The lowest BCUT2D eigenvalue weighted by atomic mass is 10.1. The van der Waals surface area contributed by atoms with Gasteiger partial charge in [-0.05, 0) is 79.8 Å². The van der Waals surface area contributed by atoms with Gasteiger partial charge in [0.25, 0.3) is 0 Å². The normalized spacial score (nSPS) is 15.0. The van der Waals surface area contributed by atoms with Crippen LogP contribution in [0.5, 0.6) is 5.75 Å². The number of aromatic nitrogens is 1. The molecular formula is C22H26ClN3OS. The van der Waals surface area contributed by atoms with Gasteiger partial charge in [-0.3, -0.25) is 4.90 Å². The first-order valence-corrected chi connectivity index (χ1v) is 11.2. The summed E-state index contributed by atoms with van der Waals surface area (Å²) in [5, 5.41) is 5.23. The third kappa shape index (κ3) is 5.16. The summed E-state index contributed by atoms with van der Waals surface area (Å²) in [7, 11) is 0. The molecule has 1 aromatic heterocycles. The molecule has 2 aromatic carbocycles. The monoisotopic (exact) mass is 415 g/mol. The highest BCUT2D eigenvalue weighted by Gasteiger charge is 2.10. The number of nitrogens with one attached hydrogen (secondary N) is 1. The highest BCUT2D eigenvalue weighted by molar-refractivity contribution is 7.13. The van der Waals surface area contributed by atoms with Crippen molar-refractivity contribution in [2.45, 2.75) is 32.2 Å². The summed E-state index contributed by atoms with van der Waals surface area (Å²) < 4.78 is 11.6. The van der Waals surface area contributed by atoms with Crippen LogP contribution >= 0.6 is 23.1 Å². The fraction of sp³-hybridized carbons (Fsp3) is 0.409. The summed E-state index contributed by atoms with van der Waals surface area (Å²) >= 11 is 7.59. The van der Waals surface area contributed by atoms with Gasteiger partial charge in [0, 0.05) is 23.5 Å². The Hall–Kier alpha value is -1.82. The Morgan fingerprint density at radius 2 is 2.00 bits per heavy atom. The molecule has 4 rings (SSSR count). The van der Waals surface area contributed by atoms with Gasteiger partial charge in [-0.15, -0.1) is 0 Å². The van der Waals surface area contributed by atoms with E-state index in [0.717, 1.165) is 46.2 Å². The van der Waals surface area contributed by atoms with Gasteiger partial charge in [-0.1, -0.05) is 30.2 Å². The Morgan fingerprint density at radius 1 is 1.11 bits per heavy atom. The summed E-state index contributed by atoms with van der Waals surface area (Å²) in [6.45, 7) is 4.96. The van der Waals surface area contributed by atoms with Gasteiger partial charge in [0.1, 0.15) is 11.6 Å². The van der Waals surface area contributed by atoms with E-state index in [1.54, 1.807) is 0 Å². The number of piperidine rings is 1. The molecule has 1 saturated heterocycles. The van der Waals surface area contributed by atoms with Crippen LogP contribution < -0.4 is 10.1 Å². The van der Waals surface area contributed by atoms with E-state index in [0.29, 0.717) is 6.61 Å². The predicted octanol–water partition coefficient (Wildman–Crippen LogP) is 5.82. The Labute approximate surface area is 175 Å². The van der Waals surface area contributed by atoms with Crippen LogP contribution in [0, 0.1) is 0 Å². The molecule has 3 aromatic rings. The van der Waals surface area contributed by atoms with Gasteiger partial charge < -0.3 is 10.1 Å². The van der Waals surface area contributed by atoms with E-state index in [4.69, 9.17) is 16.3 Å². The van der Waals surface area contributed by atoms with Gasteiger partial charge in [-0.25, -0.2) is 0 Å². The molecule has 28 heavy (non-hydrogen) atoms. The Balaban J connectivity index is 1.22. The minimum atomic E-state index is 0.684. The molecule has 1 N–H and O–H groups in total. The van der Waals surface area contributed by atoms with E-state index in [-0.39, 0.29) is 0 Å². The summed E-state index contributed by atoms with van der Waals surface area (Å²) in [6.07, 6.45) is 4.93. The topological polar surface area (TPSA) is 37.4 Å². The Kier molecular flexibility index (Phi) is 6.68. The number of likely N-dealkylation sites (tertiary alicyclic amines) is 1. The number of fused-ring (bicyclic) bond motifs is 1. The summed E-state index contributed by atoms with van der Waals surface area (Å²) in [5.74, 6) is 1.87. The Morgan fingerprint density at radius 3 is 2.89 bits per heavy atom. The summed E-state index contributed by atoms with van der Waals surface area (Å²) in [4.78, 5) is 2.54. The third-order valence-corrected chi connectivity index (χ3v) is 6.13. The quantitative estimate of drug-likeness (QED) is 0.470. The standard InChI is InChI=1S/C22H26ClN3OS/c23-18-8-9-21-20(15-18)22(25-28-21)24-10-5-13-27-19-7-4-6-17(14-19)16-26-11-2-1-3-12-26/h4,6-9,14-15H,1-3,5,10-13,16H2,(H,24,25). The molecule has 148 valence electrons. The number of nitrogens with zero attached hydrogens (tertiary/aromatic N) is 2. The second-order valence-corrected chi connectivity index (χ2v) is 8.53. The number of benzene rings is 2. The van der Waals surface area contributed by atoms with Crippen LogP contribution in [0.2, 0.25) is 5.02 Å². The number of rotatable bonds is 8. The van der Waals surface area contributed by atoms with Gasteiger partial charge in [0.15, 0.2) is 0 Å². The molecular weight excluding hydrogens is 390 g/mol. The van der Waals surface area contributed by atoms with Crippen LogP contribution in [-0.4, -0.2) is 35.5 Å². The van der Waals surface area contributed by atoms with Gasteiger partial charge in [0.2, 0.25) is 0 Å². The smallest absolute Gasteiger partial charge is 0.147 e. The number of halogens is 1. The van der Waals surface area contributed by atoms with E-state index in [1.165, 1.54) is 49.4 Å². The molecule has 0 aliphatic carbocycles. The van der Waals surface area contributed by atoms with Crippen LogP contribution in [0.4, 0.5) is 5.82 Å². The van der Waals surface area contributed by atoms with Crippen molar-refractivity contribution in [2.75, 3.05) is 31.6 Å². The lowest BCUT2D eigenvalue weighted by Crippen LogP contribution is -2.29. The van der Waals surface area contributed by atoms with E-state index in [1.807, 2.05) is 24.3 Å². The average Bonchev–Trinajstić information content (AvgIpc) is 3.11. The van der Waals surface area contributed by atoms with Crippen LogP contribution in [0.3, 0.4) is 0 Å². The molecule has 0 atom stereocenters. The lowest BCUT2D eigenvalue weighted by molar-refractivity contribution is 0.220. The first-order valence-electron chi connectivity index (χ1n) is 10.0. The molecule has 2 heterocycles. The summed E-state index contributed by atoms with van der Waals surface area (Å²) in [6, 6.07) is 14.4. The summed E-state index contributed by atoms with van der Waals surface area (Å²) in [5.41, 5.74) is 1.34. The van der Waals surface area contributed by atoms with Crippen molar-refractivity contribution >= 4 is 39.0 Å².